The third kappa shape index (κ3) is 3.34. The average Bonchev–Trinajstić information content (AvgIpc) is 3.17. The number of likely N-dealkylation sites (tertiary alicyclic amines) is 1. The predicted molar refractivity (Wildman–Crippen MR) is 105 cm³/mol. The van der Waals surface area contributed by atoms with Crippen molar-refractivity contribution in [3.05, 3.63) is 53.5 Å². The molecule has 0 saturated carbocycles. The van der Waals surface area contributed by atoms with E-state index in [2.05, 4.69) is 65.1 Å². The van der Waals surface area contributed by atoms with Crippen LogP contribution in [0.4, 0.5) is 0 Å². The van der Waals surface area contributed by atoms with Crippen molar-refractivity contribution in [3.8, 4) is 11.1 Å². The van der Waals surface area contributed by atoms with Gasteiger partial charge in [-0.15, -0.1) is 0 Å². The average molecular weight is 333 g/mol. The molecule has 3 heterocycles. The van der Waals surface area contributed by atoms with E-state index < -0.39 is 0 Å². The largest absolute Gasteiger partial charge is 0.358 e. The van der Waals surface area contributed by atoms with Crippen LogP contribution in [0.25, 0.3) is 22.0 Å². The van der Waals surface area contributed by atoms with E-state index in [1.54, 1.807) is 0 Å². The third-order valence-corrected chi connectivity index (χ3v) is 5.57. The van der Waals surface area contributed by atoms with Gasteiger partial charge in [0, 0.05) is 52.6 Å². The number of benzene rings is 1. The first kappa shape index (κ1) is 16.3. The Morgan fingerprint density at radius 2 is 2.04 bits per heavy atom. The van der Waals surface area contributed by atoms with E-state index in [0.29, 0.717) is 0 Å². The Balaban J connectivity index is 1.56. The van der Waals surface area contributed by atoms with Gasteiger partial charge in [0.2, 0.25) is 0 Å². The summed E-state index contributed by atoms with van der Waals surface area (Å²) >= 11 is 0. The number of fused-ring (bicyclic) bond motifs is 1. The van der Waals surface area contributed by atoms with Gasteiger partial charge in [-0.3, -0.25) is 4.98 Å². The number of aryl methyl sites for hydroxylation is 2. The summed E-state index contributed by atoms with van der Waals surface area (Å²) in [6.07, 6.45) is 3.79. The van der Waals surface area contributed by atoms with Crippen LogP contribution in [0.5, 0.6) is 0 Å². The zero-order chi connectivity index (χ0) is 17.4. The van der Waals surface area contributed by atoms with Crippen LogP contribution in [0, 0.1) is 13.8 Å². The smallest absolute Gasteiger partial charge is 0.0456 e. The second kappa shape index (κ2) is 6.64. The molecule has 1 aromatic carbocycles. The lowest BCUT2D eigenvalue weighted by Gasteiger charge is -2.20. The van der Waals surface area contributed by atoms with Gasteiger partial charge < -0.3 is 9.88 Å². The van der Waals surface area contributed by atoms with E-state index in [4.69, 9.17) is 0 Å². The van der Waals surface area contributed by atoms with Crippen LogP contribution in [0.3, 0.4) is 0 Å². The summed E-state index contributed by atoms with van der Waals surface area (Å²) < 4.78 is 0. The Kier molecular flexibility index (Phi) is 4.34. The number of hydrogen-bond donors (Lipinski definition) is 1. The predicted octanol–water partition coefficient (Wildman–Crippen LogP) is 4.87. The van der Waals surface area contributed by atoms with Gasteiger partial charge in [-0.25, -0.2) is 0 Å². The molecule has 1 atom stereocenters. The molecule has 1 fully saturated rings. The zero-order valence-corrected chi connectivity index (χ0v) is 15.5. The fourth-order valence-electron chi connectivity index (χ4n) is 4.08. The molecule has 1 aliphatic rings. The first-order valence-electron chi connectivity index (χ1n) is 9.40. The van der Waals surface area contributed by atoms with E-state index in [0.717, 1.165) is 30.4 Å². The molecule has 0 spiro atoms. The van der Waals surface area contributed by atoms with Gasteiger partial charge in [0.1, 0.15) is 0 Å². The first-order chi connectivity index (χ1) is 12.1. The molecule has 3 aromatic rings. The lowest BCUT2D eigenvalue weighted by molar-refractivity contribution is 0.271. The van der Waals surface area contributed by atoms with Crippen molar-refractivity contribution >= 4 is 10.9 Å². The Bertz CT molecular complexity index is 893. The van der Waals surface area contributed by atoms with Crippen molar-refractivity contribution in [2.45, 2.75) is 46.1 Å². The number of aromatic nitrogens is 2. The maximum atomic E-state index is 4.60. The number of nitrogens with zero attached hydrogens (tertiary/aromatic N) is 2. The molecule has 0 bridgehead atoms. The number of nitrogens with one attached hydrogen (secondary N) is 1. The van der Waals surface area contributed by atoms with Crippen molar-refractivity contribution in [2.24, 2.45) is 0 Å². The minimum Gasteiger partial charge on any atom is -0.358 e. The standard InChI is InChI=1S/C22H27N3/c1-15-6-8-21(17(3)23-15)18-7-9-22-19(13-18)14-20(24-22)10-12-25-11-4-5-16(25)2/h6-9,13-14,16,24H,4-5,10-12H2,1-3H3/t16-/m1/s1. The van der Waals surface area contributed by atoms with Crippen LogP contribution < -0.4 is 0 Å². The van der Waals surface area contributed by atoms with Crippen LogP contribution >= 0.6 is 0 Å². The minimum absolute atomic E-state index is 0.744. The SMILES string of the molecule is Cc1ccc(-c2ccc3[nH]c(CCN4CCC[C@H]4C)cc3c2)c(C)n1. The maximum absolute atomic E-state index is 4.60. The summed E-state index contributed by atoms with van der Waals surface area (Å²) in [7, 11) is 0. The number of H-pyrrole nitrogens is 1. The molecule has 3 heteroatoms. The van der Waals surface area contributed by atoms with Gasteiger partial charge in [-0.1, -0.05) is 12.1 Å². The highest BCUT2D eigenvalue weighted by atomic mass is 15.2. The molecule has 4 rings (SSSR count). The van der Waals surface area contributed by atoms with Crippen LogP contribution in [-0.4, -0.2) is 34.0 Å². The second-order valence-electron chi connectivity index (χ2n) is 7.46. The van der Waals surface area contributed by atoms with Crippen LogP contribution in [0.1, 0.15) is 36.8 Å². The summed E-state index contributed by atoms with van der Waals surface area (Å²) in [5.74, 6) is 0. The molecule has 0 aliphatic carbocycles. The molecule has 3 nitrogen and oxygen atoms in total. The minimum atomic E-state index is 0.744. The monoisotopic (exact) mass is 333 g/mol. The van der Waals surface area contributed by atoms with E-state index in [-0.39, 0.29) is 0 Å². The quantitative estimate of drug-likeness (QED) is 0.738. The molecule has 0 amide bonds. The highest BCUT2D eigenvalue weighted by molar-refractivity contribution is 5.86. The lowest BCUT2D eigenvalue weighted by atomic mass is 10.0. The lowest BCUT2D eigenvalue weighted by Crippen LogP contribution is -2.29. The summed E-state index contributed by atoms with van der Waals surface area (Å²) in [5.41, 5.74) is 7.20. The van der Waals surface area contributed by atoms with Crippen molar-refractivity contribution < 1.29 is 0 Å². The highest BCUT2D eigenvalue weighted by Crippen LogP contribution is 2.27. The number of aromatic amines is 1. The molecule has 2 aromatic heterocycles. The Labute approximate surface area is 150 Å². The van der Waals surface area contributed by atoms with E-state index in [9.17, 15) is 0 Å². The van der Waals surface area contributed by atoms with Gasteiger partial charge >= 0.3 is 0 Å². The Morgan fingerprint density at radius 3 is 2.80 bits per heavy atom. The normalized spacial score (nSPS) is 18.3. The third-order valence-electron chi connectivity index (χ3n) is 5.57. The van der Waals surface area contributed by atoms with Crippen LogP contribution in [0.2, 0.25) is 0 Å². The molecule has 0 radical (unpaired) electrons. The van der Waals surface area contributed by atoms with Crippen molar-refractivity contribution in [1.82, 2.24) is 14.9 Å². The van der Waals surface area contributed by atoms with Gasteiger partial charge in [0.15, 0.2) is 0 Å². The van der Waals surface area contributed by atoms with E-state index >= 15 is 0 Å². The van der Waals surface area contributed by atoms with Gasteiger partial charge in [0.25, 0.3) is 0 Å². The highest BCUT2D eigenvalue weighted by Gasteiger charge is 2.19. The second-order valence-corrected chi connectivity index (χ2v) is 7.46. The fourth-order valence-corrected chi connectivity index (χ4v) is 4.08. The van der Waals surface area contributed by atoms with Crippen molar-refractivity contribution in [2.75, 3.05) is 13.1 Å². The molecule has 25 heavy (non-hydrogen) atoms. The van der Waals surface area contributed by atoms with Gasteiger partial charge in [0.05, 0.1) is 0 Å². The van der Waals surface area contributed by atoms with Crippen LogP contribution in [-0.2, 0) is 6.42 Å². The zero-order valence-electron chi connectivity index (χ0n) is 15.5. The van der Waals surface area contributed by atoms with E-state index in [1.807, 2.05) is 6.92 Å². The number of pyridine rings is 1. The Hall–Kier alpha value is -2.13. The molecule has 0 unspecified atom stereocenters. The van der Waals surface area contributed by atoms with Crippen molar-refractivity contribution in [1.29, 1.82) is 0 Å². The molecule has 130 valence electrons. The molecule has 1 saturated heterocycles. The first-order valence-corrected chi connectivity index (χ1v) is 9.40. The van der Waals surface area contributed by atoms with Crippen LogP contribution in [0.15, 0.2) is 36.4 Å². The Morgan fingerprint density at radius 1 is 1.16 bits per heavy atom. The summed E-state index contributed by atoms with van der Waals surface area (Å²) in [6.45, 7) is 8.89. The topological polar surface area (TPSA) is 31.9 Å². The summed E-state index contributed by atoms with van der Waals surface area (Å²) in [4.78, 5) is 10.8. The van der Waals surface area contributed by atoms with Gasteiger partial charge in [-0.2, -0.15) is 0 Å². The summed E-state index contributed by atoms with van der Waals surface area (Å²) in [5, 5.41) is 1.29. The van der Waals surface area contributed by atoms with Crippen molar-refractivity contribution in [3.63, 3.8) is 0 Å². The molecular weight excluding hydrogens is 306 g/mol. The molecule has 1 aliphatic heterocycles. The van der Waals surface area contributed by atoms with Gasteiger partial charge in [-0.05, 0) is 70.0 Å². The number of rotatable bonds is 4. The molecular formula is C22H27N3. The summed E-state index contributed by atoms with van der Waals surface area (Å²) in [6, 6.07) is 14.0. The number of hydrogen-bond acceptors (Lipinski definition) is 2. The molecule has 1 N–H and O–H groups in total. The fraction of sp³-hybridized carbons (Fsp3) is 0.409. The maximum Gasteiger partial charge on any atom is 0.0456 e. The van der Waals surface area contributed by atoms with E-state index in [1.165, 1.54) is 47.1 Å².